The minimum Gasteiger partial charge on any atom is -0.0224 e. The van der Waals surface area contributed by atoms with Crippen molar-refractivity contribution in [3.05, 3.63) is 44.5 Å². The number of hydrogen-bond donors (Lipinski definition) is 0. The van der Waals surface area contributed by atoms with Crippen LogP contribution in [-0.2, 0) is 0 Å². The van der Waals surface area contributed by atoms with Gasteiger partial charge < -0.3 is 0 Å². The van der Waals surface area contributed by atoms with Crippen molar-refractivity contribution >= 4 is 312 Å². The first kappa shape index (κ1) is 24.1. The summed E-state index contributed by atoms with van der Waals surface area (Å²) in [6.45, 7) is 0. The molecule has 29 aromatic carbocycles. The van der Waals surface area contributed by atoms with E-state index < -0.39 is 0 Å². The highest BCUT2D eigenvalue weighted by atomic mass is 14.6. The zero-order valence-electron chi connectivity index (χ0n) is 35.3. The monoisotopic (exact) mass is 844 g/mol. The molecule has 0 amide bonds. The van der Waals surface area contributed by atoms with Crippen molar-refractivity contribution in [2.45, 2.75) is 23.7 Å². The molecule has 0 N–H and O–H groups in total. The van der Waals surface area contributed by atoms with Gasteiger partial charge in [0, 0.05) is 23.7 Å². The van der Waals surface area contributed by atoms with Crippen LogP contribution in [0.3, 0.4) is 0 Å². The van der Waals surface area contributed by atoms with E-state index >= 15 is 0 Å². The molecule has 0 heterocycles. The molecule has 0 spiro atoms. The van der Waals surface area contributed by atoms with Crippen molar-refractivity contribution in [2.75, 3.05) is 0 Å². The van der Waals surface area contributed by atoms with E-state index in [1.165, 1.54) is 0 Å². The van der Waals surface area contributed by atoms with Crippen LogP contribution in [0, 0.1) is 0 Å². The van der Waals surface area contributed by atoms with Crippen LogP contribution in [0.5, 0.6) is 0 Å². The minimum atomic E-state index is 0.392. The van der Waals surface area contributed by atoms with E-state index in [4.69, 9.17) is 0 Å². The fourth-order valence-electron chi connectivity index (χ4n) is 27.5. The summed E-state index contributed by atoms with van der Waals surface area (Å²) in [6.07, 6.45) is 0. The van der Waals surface area contributed by atoms with Crippen molar-refractivity contribution in [3.63, 3.8) is 0 Å². The molecule has 0 aliphatic heterocycles. The topological polar surface area (TPSA) is 0 Å². The van der Waals surface area contributed by atoms with Gasteiger partial charge in [-0.2, -0.15) is 0 Å². The van der Waals surface area contributed by atoms with Crippen molar-refractivity contribution in [1.29, 1.82) is 0 Å². The molecule has 8 aliphatic rings. The highest BCUT2D eigenvalue weighted by Crippen LogP contribution is 2.84. The minimum absolute atomic E-state index is 0.392. The lowest BCUT2D eigenvalue weighted by molar-refractivity contribution is 0.735. The Balaban J connectivity index is 1.23. The lowest BCUT2D eigenvalue weighted by atomic mass is 9.67. The molecule has 4 unspecified atom stereocenters. The largest absolute Gasteiger partial charge is 0.0225 e. The summed E-state index contributed by atoms with van der Waals surface area (Å²) in [5.74, 6) is 1.58. The van der Waals surface area contributed by atoms with Gasteiger partial charge in [0.1, 0.15) is 0 Å². The van der Waals surface area contributed by atoms with Crippen molar-refractivity contribution < 1.29 is 0 Å². The Hall–Kier alpha value is -8.58. The molecule has 0 saturated heterocycles. The first-order valence-corrected chi connectivity index (χ1v) is 26.7. The van der Waals surface area contributed by atoms with E-state index in [1.807, 2.05) is 0 Å². The van der Waals surface area contributed by atoms with E-state index in [-0.39, 0.29) is 0 Å². The van der Waals surface area contributed by atoms with E-state index in [0.717, 1.165) is 0 Å². The summed E-state index contributed by atoms with van der Waals surface area (Å²) in [6, 6.07) is 0. The van der Waals surface area contributed by atoms with Crippen LogP contribution in [0.4, 0.5) is 0 Å². The first-order chi connectivity index (χ1) is 35.0. The maximum atomic E-state index is 1.80. The highest BCUT2D eigenvalue weighted by Gasteiger charge is 2.60. The predicted octanol–water partition coefficient (Wildman–Crippen LogP) is 19.2. The van der Waals surface area contributed by atoms with Crippen LogP contribution in [0.15, 0.2) is 0 Å². The van der Waals surface area contributed by atoms with E-state index in [2.05, 4.69) is 0 Å². The Morgan fingerprint density at radius 3 is 0.200 bits per heavy atom. The third-order valence-corrected chi connectivity index (χ3v) is 27.2. The summed E-state index contributed by atoms with van der Waals surface area (Å²) >= 11 is 0. The van der Waals surface area contributed by atoms with Crippen molar-refractivity contribution in [2.24, 2.45) is 0 Å². The smallest absolute Gasteiger partial charge is 0.0224 e. The summed E-state index contributed by atoms with van der Waals surface area (Å²) in [5.41, 5.74) is 14.4. The van der Waals surface area contributed by atoms with Gasteiger partial charge in [-0.05, 0) is 357 Å². The molecule has 0 aromatic heterocycles. The second-order valence-electron chi connectivity index (χ2n) is 27.0. The average Bonchev–Trinajstić information content (AvgIpc) is 4.36. The standard InChI is InChI=1S/C70H4/c1-2-22-5-6-24-13-14-26-11-9-23-4-3(21(1)51-52(22)54(24)55(26)53(23)51)33-31(1)61-35-7-8-27-15-16-29-19-20-30-18-17-28-12-10(25(7)56-57(27)59(29)60(30)58(28)56)37(35)63(33)65-36(4)40(9)67(44(17)42(12)65)69-46(11)47(14)70(50(20)49(18)69)68-43(13)39(6)66(45(16)48(19)68)64-34(5)32(2)62(61)38(8)41(15)64/h21,29,51,59H. The SMILES string of the molecule is c12c3c4c5c6c7c8c9c%10c(c%11c1c1c%12c3c3c4c4c6c6c%13c%14c%15c%16c%17c%18c%19c%20c%21c%22c%23c%24c(c%15c(c3c%24c%12c%23c3c%21c%12c(c%11c%11c%10c%10c9c9c7c6c6c%14c%17c7c%18c%14c%20c%12c%11c%14c%10c7c96)c13)c4%13)C%16C%22%19)C2C58. The van der Waals surface area contributed by atoms with Gasteiger partial charge in [-0.1, -0.05) is 0 Å². The van der Waals surface area contributed by atoms with Crippen molar-refractivity contribution in [1.82, 2.24) is 0 Å². The van der Waals surface area contributed by atoms with Gasteiger partial charge in [-0.25, -0.2) is 0 Å². The van der Waals surface area contributed by atoms with Gasteiger partial charge in [-0.3, -0.25) is 0 Å². The molecule has 70 heavy (non-hydrogen) atoms. The van der Waals surface area contributed by atoms with Crippen LogP contribution in [0.1, 0.15) is 68.2 Å². The Bertz CT molecular complexity index is 7650. The third-order valence-electron chi connectivity index (χ3n) is 27.2. The average molecular weight is 845 g/mol. The molecule has 8 aliphatic carbocycles. The molecule has 284 valence electrons. The Morgan fingerprint density at radius 2 is 0.129 bits per heavy atom. The Labute approximate surface area is 378 Å². The van der Waals surface area contributed by atoms with Crippen LogP contribution >= 0.6 is 0 Å². The Kier molecular flexibility index (Phi) is 1.81. The fraction of sp³-hybridized carbons (Fsp3) is 0.0571. The lowest BCUT2D eigenvalue weighted by Crippen LogP contribution is -2.17. The van der Waals surface area contributed by atoms with E-state index in [0.29, 0.717) is 23.7 Å². The highest BCUT2D eigenvalue weighted by molar-refractivity contribution is 6.79. The summed E-state index contributed by atoms with van der Waals surface area (Å²) in [7, 11) is 0. The van der Waals surface area contributed by atoms with Gasteiger partial charge in [0.05, 0.1) is 0 Å². The number of benzene rings is 21. The predicted molar refractivity (Wildman–Crippen MR) is 295 cm³/mol. The van der Waals surface area contributed by atoms with Crippen LogP contribution in [-0.4, -0.2) is 0 Å². The number of hydrogen-bond acceptors (Lipinski definition) is 0. The van der Waals surface area contributed by atoms with E-state index in [1.54, 1.807) is 357 Å². The number of rotatable bonds is 0. The summed E-state index contributed by atoms with van der Waals surface area (Å²) in [4.78, 5) is 0. The maximum Gasteiger partial charge on any atom is 0.0225 e. The normalized spacial score (nSPS) is 23.1. The molecule has 4 atom stereocenters. The first-order valence-electron chi connectivity index (χ1n) is 26.7. The maximum absolute atomic E-state index is 1.80. The summed E-state index contributed by atoms with van der Waals surface area (Å²) < 4.78 is 0. The lowest BCUT2D eigenvalue weighted by Gasteiger charge is -2.34. The molecule has 0 saturated carbocycles. The van der Waals surface area contributed by atoms with Gasteiger partial charge in [-0.15, -0.1) is 0 Å². The van der Waals surface area contributed by atoms with Crippen LogP contribution in [0.25, 0.3) is 312 Å². The Morgan fingerprint density at radius 1 is 0.0714 bits per heavy atom. The second-order valence-corrected chi connectivity index (χ2v) is 27.0. The van der Waals surface area contributed by atoms with E-state index in [9.17, 15) is 0 Å². The molecular formula is C70H4. The molecule has 0 bridgehead atoms. The quantitative estimate of drug-likeness (QED) is 0.105. The van der Waals surface area contributed by atoms with Crippen LogP contribution in [0.2, 0.25) is 0 Å². The molecule has 0 nitrogen and oxygen atoms in total. The van der Waals surface area contributed by atoms with Crippen molar-refractivity contribution in [3.8, 4) is 0 Å². The molecular weight excluding hydrogens is 841 g/mol. The second kappa shape index (κ2) is 5.26. The zero-order chi connectivity index (χ0) is 40.4. The third kappa shape index (κ3) is 1.20. The molecule has 0 radical (unpaired) electrons. The molecule has 0 heteroatoms. The molecule has 29 aromatic rings. The fourth-order valence-corrected chi connectivity index (χ4v) is 27.5. The molecule has 0 fully saturated rings. The zero-order valence-corrected chi connectivity index (χ0v) is 35.3. The van der Waals surface area contributed by atoms with Gasteiger partial charge >= 0.3 is 0 Å². The summed E-state index contributed by atoms with van der Waals surface area (Å²) in [5, 5.41) is 99.4. The van der Waals surface area contributed by atoms with Gasteiger partial charge in [0.2, 0.25) is 0 Å². The van der Waals surface area contributed by atoms with Crippen LogP contribution < -0.4 is 0 Å². The van der Waals surface area contributed by atoms with Gasteiger partial charge in [0.15, 0.2) is 0 Å². The van der Waals surface area contributed by atoms with Gasteiger partial charge in [0.25, 0.3) is 0 Å². The molecule has 37 rings (SSSR count).